The molecule has 3 N–H and O–H groups in total. The van der Waals surface area contributed by atoms with Crippen LogP contribution < -0.4 is 10.6 Å². The minimum Gasteiger partial charge on any atom is -0.386 e. The van der Waals surface area contributed by atoms with E-state index in [1.54, 1.807) is 0 Å². The lowest BCUT2D eigenvalue weighted by molar-refractivity contribution is 0.164. The zero-order valence-electron chi connectivity index (χ0n) is 10.4. The maximum atomic E-state index is 11.5. The normalized spacial score (nSPS) is 20.0. The number of halogens is 1. The molecule has 1 atom stereocenters. The Hall–Kier alpha value is -0.960. The van der Waals surface area contributed by atoms with Crippen LogP contribution in [0.1, 0.15) is 19.4 Å². The predicted molar refractivity (Wildman–Crippen MR) is 75.9 cm³/mol. The first-order valence-corrected chi connectivity index (χ1v) is 7.84. The predicted octanol–water partition coefficient (Wildman–Crippen LogP) is 1.12. The second kappa shape index (κ2) is 4.86. The lowest BCUT2D eigenvalue weighted by atomic mass is 10.1. The molecule has 1 unspecified atom stereocenters. The average molecular weight is 348 g/mol. The van der Waals surface area contributed by atoms with E-state index in [1.807, 2.05) is 24.3 Å². The Morgan fingerprint density at radius 1 is 1.37 bits per heavy atom. The highest BCUT2D eigenvalue weighted by molar-refractivity contribution is 9.10. The van der Waals surface area contributed by atoms with Crippen molar-refractivity contribution in [2.24, 2.45) is 10.1 Å². The molecule has 0 spiro atoms. The number of hydrogen-bond acceptors (Lipinski definition) is 5. The van der Waals surface area contributed by atoms with E-state index in [9.17, 15) is 8.42 Å². The molecule has 104 valence electrons. The van der Waals surface area contributed by atoms with Gasteiger partial charge in [-0.3, -0.25) is 0 Å². The quantitative estimate of drug-likeness (QED) is 0.856. The first-order chi connectivity index (χ1) is 8.72. The number of nitrogens with two attached hydrogens (primary N) is 1. The van der Waals surface area contributed by atoms with Crippen LogP contribution in [-0.2, 0) is 14.9 Å². The van der Waals surface area contributed by atoms with E-state index in [0.717, 1.165) is 10.0 Å². The molecule has 0 aliphatic carbocycles. The van der Waals surface area contributed by atoms with Gasteiger partial charge >= 0.3 is 0 Å². The summed E-state index contributed by atoms with van der Waals surface area (Å²) in [6.45, 7) is 2.99. The van der Waals surface area contributed by atoms with Gasteiger partial charge in [0.1, 0.15) is 4.75 Å². The van der Waals surface area contributed by atoms with E-state index in [4.69, 9.17) is 9.98 Å². The molecule has 1 aromatic carbocycles. The van der Waals surface area contributed by atoms with Crippen LogP contribution >= 0.6 is 15.9 Å². The summed E-state index contributed by atoms with van der Waals surface area (Å²) >= 11 is 3.33. The topological polar surface area (TPSA) is 93.8 Å². The molecule has 1 heterocycles. The highest BCUT2D eigenvalue weighted by atomic mass is 79.9. The molecule has 0 saturated heterocycles. The van der Waals surface area contributed by atoms with Crippen molar-refractivity contribution in [3.63, 3.8) is 0 Å². The van der Waals surface area contributed by atoms with E-state index in [0.29, 0.717) is 5.90 Å². The number of rotatable bonds is 3. The highest BCUT2D eigenvalue weighted by Crippen LogP contribution is 2.24. The van der Waals surface area contributed by atoms with Gasteiger partial charge in [0.25, 0.3) is 0 Å². The summed E-state index contributed by atoms with van der Waals surface area (Å²) in [6, 6.07) is 7.33. The monoisotopic (exact) mass is 347 g/mol. The van der Waals surface area contributed by atoms with Gasteiger partial charge in [-0.2, -0.15) is 0 Å². The molecule has 1 aliphatic rings. The summed E-state index contributed by atoms with van der Waals surface area (Å²) in [5, 5.41) is 5.20. The molecule has 0 amide bonds. The minimum absolute atomic E-state index is 0.342. The van der Waals surface area contributed by atoms with Crippen molar-refractivity contribution in [2.45, 2.75) is 24.8 Å². The first kappa shape index (κ1) is 14.4. The van der Waals surface area contributed by atoms with Gasteiger partial charge in [-0.15, -0.1) is 5.48 Å². The number of sulfonamides is 1. The molecule has 6 nitrogen and oxygen atoms in total. The number of aliphatic imine (C=N–C) groups is 1. The highest BCUT2D eigenvalue weighted by Gasteiger charge is 2.43. The molecule has 0 aromatic heterocycles. The van der Waals surface area contributed by atoms with Crippen LogP contribution in [0.4, 0.5) is 0 Å². The second-order valence-electron chi connectivity index (χ2n) is 4.71. The summed E-state index contributed by atoms with van der Waals surface area (Å²) in [5.41, 5.74) is 3.35. The van der Waals surface area contributed by atoms with E-state index in [1.165, 1.54) is 13.8 Å². The molecular weight excluding hydrogens is 334 g/mol. The number of nitrogens with zero attached hydrogens (tertiary/aromatic N) is 1. The number of nitrogens with one attached hydrogen (secondary N) is 1. The van der Waals surface area contributed by atoms with E-state index in [2.05, 4.69) is 26.4 Å². The van der Waals surface area contributed by atoms with Crippen LogP contribution in [0.25, 0.3) is 0 Å². The molecule has 1 aliphatic heterocycles. The van der Waals surface area contributed by atoms with Crippen molar-refractivity contribution in [2.75, 3.05) is 0 Å². The van der Waals surface area contributed by atoms with Crippen LogP contribution in [0.15, 0.2) is 33.7 Å². The fourth-order valence-electron chi connectivity index (χ4n) is 1.46. The number of hydroxylamine groups is 1. The SMILES string of the molecule is CC(C)(C1N=C(c2ccc(Br)cc2)ON1)S(N)(=O)=O. The fourth-order valence-corrected chi connectivity index (χ4v) is 2.14. The molecule has 0 fully saturated rings. The molecule has 0 bridgehead atoms. The van der Waals surface area contributed by atoms with Gasteiger partial charge in [0.05, 0.1) is 0 Å². The van der Waals surface area contributed by atoms with Crippen molar-refractivity contribution in [1.29, 1.82) is 0 Å². The third-order valence-electron chi connectivity index (χ3n) is 3.00. The van der Waals surface area contributed by atoms with Gasteiger partial charge in [0.15, 0.2) is 6.17 Å². The zero-order chi connectivity index (χ0) is 14.3. The lowest BCUT2D eigenvalue weighted by Gasteiger charge is -2.25. The molecule has 19 heavy (non-hydrogen) atoms. The first-order valence-electron chi connectivity index (χ1n) is 5.50. The van der Waals surface area contributed by atoms with Gasteiger partial charge in [-0.1, -0.05) is 15.9 Å². The van der Waals surface area contributed by atoms with Gasteiger partial charge in [0, 0.05) is 10.0 Å². The molecule has 0 saturated carbocycles. The minimum atomic E-state index is -3.76. The summed E-state index contributed by atoms with van der Waals surface area (Å²) < 4.78 is 22.7. The Morgan fingerprint density at radius 2 is 1.95 bits per heavy atom. The van der Waals surface area contributed by atoms with Crippen molar-refractivity contribution < 1.29 is 13.3 Å². The standard InChI is InChI=1S/C11H14BrN3O3S/c1-11(2,19(13,16)17)10-14-9(18-15-10)7-3-5-8(12)6-4-7/h3-6,10,15H,1-2H3,(H2,13,16,17). The van der Waals surface area contributed by atoms with Crippen LogP contribution in [-0.4, -0.2) is 25.2 Å². The molecular formula is C11H14BrN3O3S. The molecule has 0 radical (unpaired) electrons. The van der Waals surface area contributed by atoms with Gasteiger partial charge < -0.3 is 4.84 Å². The Labute approximate surface area is 120 Å². The Bertz CT molecular complexity index is 611. The van der Waals surface area contributed by atoms with Gasteiger partial charge in [-0.05, 0) is 38.1 Å². The largest absolute Gasteiger partial charge is 0.386 e. The van der Waals surface area contributed by atoms with Crippen molar-refractivity contribution >= 4 is 31.9 Å². The Kier molecular flexibility index (Phi) is 3.69. The zero-order valence-corrected chi connectivity index (χ0v) is 12.8. The second-order valence-corrected chi connectivity index (χ2v) is 7.77. The maximum absolute atomic E-state index is 11.5. The molecule has 8 heteroatoms. The summed E-state index contributed by atoms with van der Waals surface area (Å²) in [5.74, 6) is 0.342. The lowest BCUT2D eigenvalue weighted by Crippen LogP contribution is -2.51. The van der Waals surface area contributed by atoms with E-state index in [-0.39, 0.29) is 0 Å². The fraction of sp³-hybridized carbons (Fsp3) is 0.364. The number of benzene rings is 1. The third-order valence-corrected chi connectivity index (χ3v) is 5.22. The van der Waals surface area contributed by atoms with Gasteiger partial charge in [0.2, 0.25) is 15.9 Å². The molecule has 2 rings (SSSR count). The Balaban J connectivity index is 2.29. The van der Waals surface area contributed by atoms with Crippen LogP contribution in [0.3, 0.4) is 0 Å². The summed E-state index contributed by atoms with van der Waals surface area (Å²) in [6.07, 6.45) is -0.749. The van der Waals surface area contributed by atoms with Crippen molar-refractivity contribution in [3.8, 4) is 0 Å². The van der Waals surface area contributed by atoms with Crippen LogP contribution in [0.2, 0.25) is 0 Å². The third kappa shape index (κ3) is 2.81. The average Bonchev–Trinajstić information content (AvgIpc) is 2.78. The van der Waals surface area contributed by atoms with Crippen molar-refractivity contribution in [1.82, 2.24) is 5.48 Å². The Morgan fingerprint density at radius 3 is 2.47 bits per heavy atom. The van der Waals surface area contributed by atoms with Gasteiger partial charge in [-0.25, -0.2) is 18.5 Å². The number of primary sulfonamides is 1. The summed E-state index contributed by atoms with van der Waals surface area (Å²) in [4.78, 5) is 9.47. The van der Waals surface area contributed by atoms with E-state index < -0.39 is 20.9 Å². The van der Waals surface area contributed by atoms with Crippen molar-refractivity contribution in [3.05, 3.63) is 34.3 Å². The van der Waals surface area contributed by atoms with E-state index >= 15 is 0 Å². The van der Waals surface area contributed by atoms with Crippen LogP contribution in [0, 0.1) is 0 Å². The maximum Gasteiger partial charge on any atom is 0.242 e. The molecule has 1 aromatic rings. The summed E-state index contributed by atoms with van der Waals surface area (Å²) in [7, 11) is -3.76. The van der Waals surface area contributed by atoms with Crippen LogP contribution in [0.5, 0.6) is 0 Å². The number of hydrogen-bond donors (Lipinski definition) is 2. The smallest absolute Gasteiger partial charge is 0.242 e.